The van der Waals surface area contributed by atoms with Crippen molar-refractivity contribution in [2.45, 2.75) is 44.0 Å². The topological polar surface area (TPSA) is 69.7 Å². The van der Waals surface area contributed by atoms with Crippen LogP contribution in [-0.2, 0) is 21.4 Å². The molecule has 4 rings (SSSR count). The van der Waals surface area contributed by atoms with Crippen molar-refractivity contribution in [2.75, 3.05) is 29.4 Å². The molecule has 29 heavy (non-hydrogen) atoms. The second-order valence-electron chi connectivity index (χ2n) is 7.78. The number of hydrogen-bond acceptors (Lipinski definition) is 4. The number of carbonyl (C=O) groups excluding carboxylic acids is 1. The van der Waals surface area contributed by atoms with Crippen molar-refractivity contribution >= 4 is 27.3 Å². The molecular weight excluding hydrogens is 386 g/mol. The molecule has 2 aromatic carbocycles. The average Bonchev–Trinajstić information content (AvgIpc) is 3.39. The van der Waals surface area contributed by atoms with Gasteiger partial charge in [-0.3, -0.25) is 4.79 Å². The Labute approximate surface area is 172 Å². The predicted octanol–water partition coefficient (Wildman–Crippen LogP) is 3.20. The molecule has 7 heteroatoms. The van der Waals surface area contributed by atoms with Gasteiger partial charge in [-0.15, -0.1) is 0 Å². The van der Waals surface area contributed by atoms with E-state index in [0.29, 0.717) is 13.0 Å². The number of hydrogen-bond donors (Lipinski definition) is 1. The summed E-state index contributed by atoms with van der Waals surface area (Å²) in [4.78, 5) is 16.3. The summed E-state index contributed by atoms with van der Waals surface area (Å²) < 4.78 is 28.1. The quantitative estimate of drug-likeness (QED) is 0.790. The zero-order chi connectivity index (χ0) is 20.4. The van der Waals surface area contributed by atoms with Gasteiger partial charge in [0.05, 0.1) is 4.90 Å². The number of sulfonamides is 1. The van der Waals surface area contributed by atoms with Crippen LogP contribution in [-0.4, -0.2) is 34.0 Å². The Morgan fingerprint density at radius 3 is 2.31 bits per heavy atom. The first kappa shape index (κ1) is 19.9. The highest BCUT2D eigenvalue weighted by Crippen LogP contribution is 2.27. The monoisotopic (exact) mass is 413 g/mol. The number of nitrogens with one attached hydrogen (secondary N) is 1. The third-order valence-corrected chi connectivity index (χ3v) is 7.12. The van der Waals surface area contributed by atoms with Crippen LogP contribution in [0.5, 0.6) is 0 Å². The molecule has 0 radical (unpaired) electrons. The summed E-state index contributed by atoms with van der Waals surface area (Å²) in [5.74, 6) is 0.0965. The number of aryl methyl sites for hydroxylation is 1. The van der Waals surface area contributed by atoms with Crippen LogP contribution in [0.1, 0.15) is 36.8 Å². The second-order valence-corrected chi connectivity index (χ2v) is 9.55. The molecule has 2 saturated heterocycles. The molecule has 6 nitrogen and oxygen atoms in total. The maximum atomic E-state index is 12.7. The van der Waals surface area contributed by atoms with E-state index in [9.17, 15) is 13.2 Å². The van der Waals surface area contributed by atoms with Gasteiger partial charge in [-0.1, -0.05) is 12.1 Å². The van der Waals surface area contributed by atoms with Crippen molar-refractivity contribution in [2.24, 2.45) is 0 Å². The van der Waals surface area contributed by atoms with Gasteiger partial charge in [0.25, 0.3) is 0 Å². The van der Waals surface area contributed by atoms with Gasteiger partial charge in [-0.25, -0.2) is 13.1 Å². The number of nitrogens with zero attached hydrogens (tertiary/aromatic N) is 2. The predicted molar refractivity (Wildman–Crippen MR) is 115 cm³/mol. The van der Waals surface area contributed by atoms with Crippen LogP contribution in [0.3, 0.4) is 0 Å². The lowest BCUT2D eigenvalue weighted by molar-refractivity contribution is -0.117. The van der Waals surface area contributed by atoms with Crippen LogP contribution in [0.15, 0.2) is 47.4 Å². The van der Waals surface area contributed by atoms with E-state index in [1.165, 1.54) is 18.5 Å². The smallest absolute Gasteiger partial charge is 0.240 e. The molecule has 2 heterocycles. The summed E-state index contributed by atoms with van der Waals surface area (Å²) in [6.45, 7) is 4.96. The Morgan fingerprint density at radius 1 is 0.966 bits per heavy atom. The van der Waals surface area contributed by atoms with Crippen LogP contribution < -0.4 is 14.5 Å². The second kappa shape index (κ2) is 8.16. The van der Waals surface area contributed by atoms with Crippen molar-refractivity contribution in [1.82, 2.24) is 4.72 Å². The van der Waals surface area contributed by atoms with E-state index in [2.05, 4.69) is 21.8 Å². The van der Waals surface area contributed by atoms with Crippen molar-refractivity contribution in [3.63, 3.8) is 0 Å². The lowest BCUT2D eigenvalue weighted by Gasteiger charge is -2.19. The molecule has 0 unspecified atom stereocenters. The number of anilines is 2. The van der Waals surface area contributed by atoms with Crippen LogP contribution in [0.25, 0.3) is 0 Å². The molecule has 1 N–H and O–H groups in total. The zero-order valence-corrected chi connectivity index (χ0v) is 17.5. The van der Waals surface area contributed by atoms with Crippen LogP contribution in [0, 0.1) is 6.92 Å². The Balaban J connectivity index is 1.43. The highest BCUT2D eigenvalue weighted by atomic mass is 32.2. The number of carbonyl (C=O) groups is 1. The maximum Gasteiger partial charge on any atom is 0.240 e. The fourth-order valence-corrected chi connectivity index (χ4v) is 5.16. The van der Waals surface area contributed by atoms with Crippen molar-refractivity contribution in [3.8, 4) is 0 Å². The third kappa shape index (κ3) is 4.31. The lowest BCUT2D eigenvalue weighted by atomic mass is 10.2. The molecule has 2 fully saturated rings. The van der Waals surface area contributed by atoms with E-state index >= 15 is 0 Å². The molecule has 0 aliphatic carbocycles. The molecular formula is C22H27N3O3S. The minimum Gasteiger partial charge on any atom is -0.372 e. The standard InChI is InChI=1S/C22H27N3O3S/c1-17-15-20(10-11-21(17)25-14-4-5-22(25)26)29(27,28)23-16-18-6-8-19(9-7-18)24-12-2-3-13-24/h6-11,15,23H,2-5,12-14,16H2,1H3. The molecule has 0 saturated carbocycles. The number of benzene rings is 2. The van der Waals surface area contributed by atoms with E-state index in [4.69, 9.17) is 0 Å². The highest BCUT2D eigenvalue weighted by Gasteiger charge is 2.24. The van der Waals surface area contributed by atoms with Gasteiger partial charge >= 0.3 is 0 Å². The van der Waals surface area contributed by atoms with Gasteiger partial charge in [-0.2, -0.15) is 0 Å². The fraction of sp³-hybridized carbons (Fsp3) is 0.409. The summed E-state index contributed by atoms with van der Waals surface area (Å²) in [7, 11) is -3.62. The molecule has 154 valence electrons. The fourth-order valence-electron chi connectivity index (χ4n) is 4.06. The first-order valence-corrected chi connectivity index (χ1v) is 11.7. The van der Waals surface area contributed by atoms with E-state index in [1.807, 2.05) is 19.1 Å². The SMILES string of the molecule is Cc1cc(S(=O)(=O)NCc2ccc(N3CCCC3)cc2)ccc1N1CCCC1=O. The van der Waals surface area contributed by atoms with Gasteiger partial charge in [-0.05, 0) is 67.6 Å². The molecule has 0 aromatic heterocycles. The summed E-state index contributed by atoms with van der Waals surface area (Å²) in [6.07, 6.45) is 3.85. The first-order valence-electron chi connectivity index (χ1n) is 10.2. The van der Waals surface area contributed by atoms with Gasteiger partial charge < -0.3 is 9.80 Å². The lowest BCUT2D eigenvalue weighted by Crippen LogP contribution is -2.26. The molecule has 0 bridgehead atoms. The minimum atomic E-state index is -3.62. The van der Waals surface area contributed by atoms with Crippen LogP contribution in [0.2, 0.25) is 0 Å². The van der Waals surface area contributed by atoms with E-state index in [0.717, 1.165) is 36.3 Å². The molecule has 0 spiro atoms. The third-order valence-electron chi connectivity index (χ3n) is 5.72. The summed E-state index contributed by atoms with van der Waals surface area (Å²) in [5, 5.41) is 0. The Bertz CT molecular complexity index is 996. The number of amides is 1. The summed E-state index contributed by atoms with van der Waals surface area (Å²) >= 11 is 0. The molecule has 2 aliphatic rings. The Hall–Kier alpha value is -2.38. The first-order chi connectivity index (χ1) is 13.9. The van der Waals surface area contributed by atoms with E-state index in [-0.39, 0.29) is 17.3 Å². The van der Waals surface area contributed by atoms with Gasteiger partial charge in [0, 0.05) is 44.0 Å². The Kier molecular flexibility index (Phi) is 5.61. The van der Waals surface area contributed by atoms with Crippen LogP contribution >= 0.6 is 0 Å². The molecule has 2 aliphatic heterocycles. The molecule has 0 atom stereocenters. The number of rotatable bonds is 6. The van der Waals surface area contributed by atoms with Crippen LogP contribution in [0.4, 0.5) is 11.4 Å². The molecule has 1 amide bonds. The van der Waals surface area contributed by atoms with Crippen molar-refractivity contribution in [3.05, 3.63) is 53.6 Å². The maximum absolute atomic E-state index is 12.7. The summed E-state index contributed by atoms with van der Waals surface area (Å²) in [6, 6.07) is 13.0. The van der Waals surface area contributed by atoms with E-state index < -0.39 is 10.0 Å². The highest BCUT2D eigenvalue weighted by molar-refractivity contribution is 7.89. The van der Waals surface area contributed by atoms with Gasteiger partial charge in [0.1, 0.15) is 0 Å². The van der Waals surface area contributed by atoms with Crippen molar-refractivity contribution < 1.29 is 13.2 Å². The van der Waals surface area contributed by atoms with Gasteiger partial charge in [0.2, 0.25) is 15.9 Å². The van der Waals surface area contributed by atoms with Crippen molar-refractivity contribution in [1.29, 1.82) is 0 Å². The van der Waals surface area contributed by atoms with Gasteiger partial charge in [0.15, 0.2) is 0 Å². The minimum absolute atomic E-state index is 0.0965. The Morgan fingerprint density at radius 2 is 1.69 bits per heavy atom. The largest absolute Gasteiger partial charge is 0.372 e. The van der Waals surface area contributed by atoms with E-state index in [1.54, 1.807) is 23.1 Å². The molecule has 2 aromatic rings. The zero-order valence-electron chi connectivity index (χ0n) is 16.7. The summed E-state index contributed by atoms with van der Waals surface area (Å²) in [5.41, 5.74) is 3.70. The normalized spacial score (nSPS) is 17.3. The average molecular weight is 414 g/mol.